The predicted molar refractivity (Wildman–Crippen MR) is 117 cm³/mol. The Morgan fingerprint density at radius 3 is 2.86 bits per heavy atom. The Kier molecular flexibility index (Phi) is 5.47. The van der Waals surface area contributed by atoms with Crippen molar-refractivity contribution in [2.75, 3.05) is 13.2 Å². The molecule has 0 aliphatic heterocycles. The van der Waals surface area contributed by atoms with Gasteiger partial charge in [-0.3, -0.25) is 4.79 Å². The molecule has 0 heterocycles. The molecule has 2 nitrogen and oxygen atoms in total. The fourth-order valence-corrected chi connectivity index (χ4v) is 7.02. The Balaban J connectivity index is 1.23. The van der Waals surface area contributed by atoms with Crippen LogP contribution in [0.1, 0.15) is 56.9 Å². The van der Waals surface area contributed by atoms with Gasteiger partial charge < -0.3 is 4.74 Å². The lowest BCUT2D eigenvalue weighted by atomic mass is 9.53. The zero-order valence-electron chi connectivity index (χ0n) is 17.5. The SMILES string of the molecule is O=C1CC[C@H]2[C@@H]3CC=C4C=CCC[C@@H]4[C@H]3CC[C@]12COCCCc1ccccc1. The van der Waals surface area contributed by atoms with E-state index in [1.54, 1.807) is 5.57 Å². The lowest BCUT2D eigenvalue weighted by molar-refractivity contribution is -0.138. The van der Waals surface area contributed by atoms with E-state index < -0.39 is 0 Å². The van der Waals surface area contributed by atoms with E-state index in [4.69, 9.17) is 4.74 Å². The molecule has 5 atom stereocenters. The molecular formula is C27H34O2. The Hall–Kier alpha value is -1.67. The molecule has 5 rings (SSSR count). The van der Waals surface area contributed by atoms with Crippen LogP contribution in [0.2, 0.25) is 0 Å². The summed E-state index contributed by atoms with van der Waals surface area (Å²) in [4.78, 5) is 13.1. The first-order valence-electron chi connectivity index (χ1n) is 11.8. The number of rotatable bonds is 6. The fourth-order valence-electron chi connectivity index (χ4n) is 7.02. The molecule has 2 fully saturated rings. The minimum atomic E-state index is -0.177. The van der Waals surface area contributed by atoms with Gasteiger partial charge in [0.05, 0.1) is 12.0 Å². The third-order valence-corrected chi connectivity index (χ3v) is 8.42. The van der Waals surface area contributed by atoms with Gasteiger partial charge in [0.15, 0.2) is 0 Å². The summed E-state index contributed by atoms with van der Waals surface area (Å²) in [6.45, 7) is 1.43. The van der Waals surface area contributed by atoms with Gasteiger partial charge in [0, 0.05) is 13.0 Å². The zero-order valence-corrected chi connectivity index (χ0v) is 17.5. The van der Waals surface area contributed by atoms with Crippen LogP contribution in [0.5, 0.6) is 0 Å². The maximum atomic E-state index is 13.1. The summed E-state index contributed by atoms with van der Waals surface area (Å²) in [5.74, 6) is 3.29. The van der Waals surface area contributed by atoms with Gasteiger partial charge in [-0.15, -0.1) is 0 Å². The molecule has 0 spiro atoms. The second-order valence-corrected chi connectivity index (χ2v) is 9.76. The highest BCUT2D eigenvalue weighted by molar-refractivity contribution is 5.87. The van der Waals surface area contributed by atoms with Crippen molar-refractivity contribution in [2.24, 2.45) is 29.1 Å². The second kappa shape index (κ2) is 8.22. The minimum Gasteiger partial charge on any atom is -0.380 e. The molecular weight excluding hydrogens is 356 g/mol. The molecule has 2 saturated carbocycles. The molecule has 0 radical (unpaired) electrons. The third kappa shape index (κ3) is 3.54. The maximum Gasteiger partial charge on any atom is 0.141 e. The number of carbonyl (C=O) groups excluding carboxylic acids is 1. The number of hydrogen-bond acceptors (Lipinski definition) is 2. The van der Waals surface area contributed by atoms with Crippen LogP contribution < -0.4 is 0 Å². The Morgan fingerprint density at radius 1 is 1.07 bits per heavy atom. The smallest absolute Gasteiger partial charge is 0.141 e. The molecule has 4 aliphatic rings. The van der Waals surface area contributed by atoms with Crippen molar-refractivity contribution >= 4 is 5.78 Å². The van der Waals surface area contributed by atoms with Crippen LogP contribution in [0.15, 0.2) is 54.1 Å². The number of Topliss-reactive ketones (excluding diaryl/α,β-unsaturated/α-hetero) is 1. The van der Waals surface area contributed by atoms with Gasteiger partial charge in [-0.1, -0.05) is 48.6 Å². The Morgan fingerprint density at radius 2 is 1.97 bits per heavy atom. The van der Waals surface area contributed by atoms with E-state index in [9.17, 15) is 4.79 Å². The Bertz CT molecular complexity index is 792. The zero-order chi connectivity index (χ0) is 19.7. The maximum absolute atomic E-state index is 13.1. The molecule has 0 unspecified atom stereocenters. The third-order valence-electron chi connectivity index (χ3n) is 8.42. The summed E-state index contributed by atoms with van der Waals surface area (Å²) in [7, 11) is 0. The van der Waals surface area contributed by atoms with Crippen molar-refractivity contribution in [3.63, 3.8) is 0 Å². The summed E-state index contributed by atoms with van der Waals surface area (Å²) in [5, 5.41) is 0. The normalized spacial score (nSPS) is 35.6. The van der Waals surface area contributed by atoms with Crippen molar-refractivity contribution < 1.29 is 9.53 Å². The fraction of sp³-hybridized carbons (Fsp3) is 0.593. The van der Waals surface area contributed by atoms with Crippen LogP contribution in [0.25, 0.3) is 0 Å². The molecule has 1 aromatic rings. The van der Waals surface area contributed by atoms with E-state index in [-0.39, 0.29) is 5.41 Å². The number of benzene rings is 1. The van der Waals surface area contributed by atoms with Crippen LogP contribution >= 0.6 is 0 Å². The minimum absolute atomic E-state index is 0.177. The molecule has 4 aliphatic carbocycles. The van der Waals surface area contributed by atoms with Gasteiger partial charge in [-0.05, 0) is 86.2 Å². The Labute approximate surface area is 175 Å². The van der Waals surface area contributed by atoms with Crippen molar-refractivity contribution in [2.45, 2.75) is 57.8 Å². The molecule has 29 heavy (non-hydrogen) atoms. The number of ketones is 1. The van der Waals surface area contributed by atoms with Crippen molar-refractivity contribution in [3.8, 4) is 0 Å². The van der Waals surface area contributed by atoms with Crippen LogP contribution in [-0.2, 0) is 16.0 Å². The highest BCUT2D eigenvalue weighted by Crippen LogP contribution is 2.59. The van der Waals surface area contributed by atoms with Crippen LogP contribution in [0.4, 0.5) is 0 Å². The molecule has 0 aromatic heterocycles. The van der Waals surface area contributed by atoms with Gasteiger partial charge in [0.2, 0.25) is 0 Å². The molecule has 0 saturated heterocycles. The lowest BCUT2D eigenvalue weighted by Crippen LogP contribution is -2.49. The number of allylic oxidation sites excluding steroid dienone is 4. The first kappa shape index (κ1) is 19.3. The molecule has 154 valence electrons. The summed E-state index contributed by atoms with van der Waals surface area (Å²) in [5.41, 5.74) is 2.78. The van der Waals surface area contributed by atoms with Gasteiger partial charge in [0.1, 0.15) is 5.78 Å². The molecule has 0 amide bonds. The number of carbonyl (C=O) groups is 1. The topological polar surface area (TPSA) is 26.3 Å². The molecule has 1 aromatic carbocycles. The lowest BCUT2D eigenvalue weighted by Gasteiger charge is -2.51. The van der Waals surface area contributed by atoms with E-state index in [0.29, 0.717) is 24.2 Å². The van der Waals surface area contributed by atoms with Crippen molar-refractivity contribution in [1.82, 2.24) is 0 Å². The van der Waals surface area contributed by atoms with E-state index in [2.05, 4.69) is 48.6 Å². The standard InChI is InChI=1S/C27H34O2/c28-26-15-14-25-24-13-12-21-10-4-5-11-22(21)23(24)16-17-27(25,26)19-29-18-6-9-20-7-2-1-3-8-20/h1-4,7-8,10,12,22-25H,5-6,9,11,13-19H2/t22-,23+,24+,25-,27+/m0/s1. The van der Waals surface area contributed by atoms with Gasteiger partial charge in [-0.2, -0.15) is 0 Å². The van der Waals surface area contributed by atoms with Crippen LogP contribution in [-0.4, -0.2) is 19.0 Å². The molecule has 2 heteroatoms. The summed E-state index contributed by atoms with van der Waals surface area (Å²) >= 11 is 0. The highest BCUT2D eigenvalue weighted by atomic mass is 16.5. The average Bonchev–Trinajstić information content (AvgIpc) is 3.11. The first-order chi connectivity index (χ1) is 14.3. The average molecular weight is 391 g/mol. The van der Waals surface area contributed by atoms with Gasteiger partial charge in [0.25, 0.3) is 0 Å². The number of fused-ring (bicyclic) bond motifs is 5. The van der Waals surface area contributed by atoms with Crippen molar-refractivity contribution in [1.29, 1.82) is 0 Å². The monoisotopic (exact) mass is 390 g/mol. The van der Waals surface area contributed by atoms with E-state index in [0.717, 1.165) is 50.5 Å². The quantitative estimate of drug-likeness (QED) is 0.563. The first-order valence-corrected chi connectivity index (χ1v) is 11.8. The number of aryl methyl sites for hydroxylation is 1. The predicted octanol–water partition coefficient (Wildman–Crippen LogP) is 5.92. The van der Waals surface area contributed by atoms with E-state index in [1.165, 1.54) is 31.2 Å². The summed E-state index contributed by atoms with van der Waals surface area (Å²) in [6.07, 6.45) is 17.2. The molecule has 0 N–H and O–H groups in total. The largest absolute Gasteiger partial charge is 0.380 e. The second-order valence-electron chi connectivity index (χ2n) is 9.76. The summed E-state index contributed by atoms with van der Waals surface area (Å²) in [6, 6.07) is 10.6. The van der Waals surface area contributed by atoms with Gasteiger partial charge in [-0.25, -0.2) is 0 Å². The number of ether oxygens (including phenoxy) is 1. The van der Waals surface area contributed by atoms with Crippen LogP contribution in [0, 0.1) is 29.1 Å². The van der Waals surface area contributed by atoms with E-state index >= 15 is 0 Å². The van der Waals surface area contributed by atoms with E-state index in [1.807, 2.05) is 0 Å². The highest BCUT2D eigenvalue weighted by Gasteiger charge is 2.57. The summed E-state index contributed by atoms with van der Waals surface area (Å²) < 4.78 is 6.21. The molecule has 0 bridgehead atoms. The van der Waals surface area contributed by atoms with Crippen molar-refractivity contribution in [3.05, 3.63) is 59.7 Å². The van der Waals surface area contributed by atoms with Gasteiger partial charge >= 0.3 is 0 Å². The van der Waals surface area contributed by atoms with Crippen LogP contribution in [0.3, 0.4) is 0 Å². The number of hydrogen-bond donors (Lipinski definition) is 0.